The van der Waals surface area contributed by atoms with Gasteiger partial charge in [-0.1, -0.05) is 6.07 Å². The molecule has 1 atom stereocenters. The number of alkyl halides is 3. The van der Waals surface area contributed by atoms with Crippen molar-refractivity contribution in [2.75, 3.05) is 18.0 Å². The van der Waals surface area contributed by atoms with Crippen molar-refractivity contribution >= 4 is 22.8 Å². The standard InChI is InChI=1S/C19H25F3N4O2/c1-11-6-7-13-14(24-16(25(13)5)19(20,21)22)15(11)26-9-8-12(10-26)23-17(27)28-18(2,3)4/h6-7,12H,8-10H2,1-5H3,(H,23,27)/t12-/m0/s1. The van der Waals surface area contributed by atoms with Gasteiger partial charge < -0.3 is 19.5 Å². The van der Waals surface area contributed by atoms with Crippen molar-refractivity contribution in [2.24, 2.45) is 7.05 Å². The Morgan fingerprint density at radius 3 is 2.57 bits per heavy atom. The molecule has 2 heterocycles. The zero-order valence-electron chi connectivity index (χ0n) is 16.6. The molecule has 1 aromatic carbocycles. The number of amides is 1. The van der Waals surface area contributed by atoms with E-state index in [2.05, 4.69) is 10.3 Å². The number of nitrogens with zero attached hydrogens (tertiary/aromatic N) is 3. The molecule has 0 unspecified atom stereocenters. The van der Waals surface area contributed by atoms with Crippen LogP contribution >= 0.6 is 0 Å². The molecule has 2 aromatic rings. The largest absolute Gasteiger partial charge is 0.449 e. The SMILES string of the molecule is Cc1ccc2c(nc(C(F)(F)F)n2C)c1N1CC[C@H](NC(=O)OC(C)(C)C)C1. The third kappa shape index (κ3) is 4.02. The third-order valence-corrected chi connectivity index (χ3v) is 4.71. The lowest BCUT2D eigenvalue weighted by molar-refractivity contribution is -0.146. The van der Waals surface area contributed by atoms with Crippen LogP contribution in [0.4, 0.5) is 23.7 Å². The highest BCUT2D eigenvalue weighted by Gasteiger charge is 2.38. The minimum atomic E-state index is -4.52. The number of fused-ring (bicyclic) bond motifs is 1. The predicted octanol–water partition coefficient (Wildman–Crippen LogP) is 4.00. The molecule has 1 aliphatic rings. The fourth-order valence-electron chi connectivity index (χ4n) is 3.55. The van der Waals surface area contributed by atoms with Crippen LogP contribution in [0.5, 0.6) is 0 Å². The van der Waals surface area contributed by atoms with E-state index in [1.807, 2.05) is 11.8 Å². The van der Waals surface area contributed by atoms with Crippen molar-refractivity contribution in [2.45, 2.75) is 51.9 Å². The first-order valence-corrected chi connectivity index (χ1v) is 9.14. The topological polar surface area (TPSA) is 59.4 Å². The average Bonchev–Trinajstić information content (AvgIpc) is 3.09. The van der Waals surface area contributed by atoms with Gasteiger partial charge in [0.1, 0.15) is 11.1 Å². The zero-order valence-corrected chi connectivity index (χ0v) is 16.6. The first kappa shape index (κ1) is 20.3. The zero-order chi connectivity index (χ0) is 20.9. The number of hydrogen-bond acceptors (Lipinski definition) is 4. The highest BCUT2D eigenvalue weighted by Crippen LogP contribution is 2.36. The maximum Gasteiger partial charge on any atom is 0.449 e. The van der Waals surface area contributed by atoms with Crippen LogP contribution < -0.4 is 10.2 Å². The molecule has 0 spiro atoms. The maximum atomic E-state index is 13.3. The molecule has 3 rings (SSSR count). The minimum Gasteiger partial charge on any atom is -0.444 e. The van der Waals surface area contributed by atoms with Gasteiger partial charge in [-0.05, 0) is 45.7 Å². The van der Waals surface area contributed by atoms with Gasteiger partial charge in [-0.15, -0.1) is 0 Å². The molecule has 28 heavy (non-hydrogen) atoms. The Morgan fingerprint density at radius 1 is 1.29 bits per heavy atom. The Kier molecular flexibility index (Phi) is 4.97. The van der Waals surface area contributed by atoms with Crippen molar-refractivity contribution in [3.8, 4) is 0 Å². The molecule has 154 valence electrons. The fourth-order valence-corrected chi connectivity index (χ4v) is 3.55. The monoisotopic (exact) mass is 398 g/mol. The van der Waals surface area contributed by atoms with E-state index >= 15 is 0 Å². The molecule has 1 N–H and O–H groups in total. The first-order chi connectivity index (χ1) is 12.9. The molecule has 0 bridgehead atoms. The van der Waals surface area contributed by atoms with E-state index in [0.717, 1.165) is 10.1 Å². The Balaban J connectivity index is 1.86. The maximum absolute atomic E-state index is 13.3. The lowest BCUT2D eigenvalue weighted by atomic mass is 10.1. The Labute approximate surface area is 161 Å². The molecule has 1 amide bonds. The molecule has 1 saturated heterocycles. The van der Waals surface area contributed by atoms with Crippen molar-refractivity contribution in [1.82, 2.24) is 14.9 Å². The van der Waals surface area contributed by atoms with Gasteiger partial charge in [0.2, 0.25) is 5.82 Å². The lowest BCUT2D eigenvalue weighted by Gasteiger charge is -2.23. The number of anilines is 1. The van der Waals surface area contributed by atoms with E-state index in [9.17, 15) is 18.0 Å². The molecule has 0 aliphatic carbocycles. The third-order valence-electron chi connectivity index (χ3n) is 4.71. The normalized spacial score (nSPS) is 18.0. The second kappa shape index (κ2) is 6.86. The highest BCUT2D eigenvalue weighted by molar-refractivity contribution is 5.91. The number of alkyl carbamates (subject to hydrolysis) is 1. The van der Waals surface area contributed by atoms with Crippen molar-refractivity contribution in [3.05, 3.63) is 23.5 Å². The van der Waals surface area contributed by atoms with Crippen LogP contribution in [0.15, 0.2) is 12.1 Å². The van der Waals surface area contributed by atoms with E-state index < -0.39 is 23.7 Å². The van der Waals surface area contributed by atoms with Gasteiger partial charge in [0.25, 0.3) is 0 Å². The van der Waals surface area contributed by atoms with E-state index in [0.29, 0.717) is 36.2 Å². The number of imidazole rings is 1. The number of halogens is 3. The van der Waals surface area contributed by atoms with Gasteiger partial charge in [-0.2, -0.15) is 13.2 Å². The number of carbonyl (C=O) groups excluding carboxylic acids is 1. The summed E-state index contributed by atoms with van der Waals surface area (Å²) in [5.74, 6) is -0.919. The van der Waals surface area contributed by atoms with Gasteiger partial charge in [0.05, 0.1) is 17.2 Å². The van der Waals surface area contributed by atoms with Gasteiger partial charge in [-0.25, -0.2) is 9.78 Å². The van der Waals surface area contributed by atoms with Gasteiger partial charge in [0, 0.05) is 20.1 Å². The summed E-state index contributed by atoms with van der Waals surface area (Å²) >= 11 is 0. The van der Waals surface area contributed by atoms with Crippen LogP contribution in [0, 0.1) is 6.92 Å². The fraction of sp³-hybridized carbons (Fsp3) is 0.579. The van der Waals surface area contributed by atoms with E-state index in [1.54, 1.807) is 32.9 Å². The Hall–Kier alpha value is -2.45. The van der Waals surface area contributed by atoms with Gasteiger partial charge in [-0.3, -0.25) is 0 Å². The van der Waals surface area contributed by atoms with E-state index in [-0.39, 0.29) is 6.04 Å². The molecule has 0 radical (unpaired) electrons. The van der Waals surface area contributed by atoms with Crippen LogP contribution in [0.25, 0.3) is 11.0 Å². The van der Waals surface area contributed by atoms with Crippen LogP contribution in [-0.4, -0.2) is 40.4 Å². The number of rotatable bonds is 2. The summed E-state index contributed by atoms with van der Waals surface area (Å²) in [5.41, 5.74) is 1.69. The summed E-state index contributed by atoms with van der Waals surface area (Å²) in [6, 6.07) is 3.31. The molecular weight excluding hydrogens is 373 g/mol. The van der Waals surface area contributed by atoms with Crippen LogP contribution in [0.1, 0.15) is 38.6 Å². The Bertz CT molecular complexity index is 899. The van der Waals surface area contributed by atoms with Crippen molar-refractivity contribution in [1.29, 1.82) is 0 Å². The number of benzene rings is 1. The van der Waals surface area contributed by atoms with Gasteiger partial charge >= 0.3 is 12.3 Å². The highest BCUT2D eigenvalue weighted by atomic mass is 19.4. The van der Waals surface area contributed by atoms with Gasteiger partial charge in [0.15, 0.2) is 0 Å². The quantitative estimate of drug-likeness (QED) is 0.831. The Morgan fingerprint density at radius 2 is 1.96 bits per heavy atom. The number of aryl methyl sites for hydroxylation is 2. The lowest BCUT2D eigenvalue weighted by Crippen LogP contribution is -2.40. The molecule has 0 saturated carbocycles. The van der Waals surface area contributed by atoms with Crippen molar-refractivity contribution < 1.29 is 22.7 Å². The number of ether oxygens (including phenoxy) is 1. The number of nitrogens with one attached hydrogen (secondary N) is 1. The molecule has 1 fully saturated rings. The summed E-state index contributed by atoms with van der Waals surface area (Å²) in [7, 11) is 1.37. The van der Waals surface area contributed by atoms with Crippen LogP contribution in [0.3, 0.4) is 0 Å². The number of hydrogen-bond donors (Lipinski definition) is 1. The summed E-state index contributed by atoms with van der Waals surface area (Å²) < 4.78 is 46.2. The second-order valence-corrected chi connectivity index (χ2v) is 8.17. The summed E-state index contributed by atoms with van der Waals surface area (Å²) in [6.07, 6.45) is -4.34. The molecule has 6 nitrogen and oxygen atoms in total. The summed E-state index contributed by atoms with van der Waals surface area (Å²) in [5, 5.41) is 2.84. The summed E-state index contributed by atoms with van der Waals surface area (Å²) in [6.45, 7) is 8.31. The van der Waals surface area contributed by atoms with E-state index in [1.165, 1.54) is 7.05 Å². The van der Waals surface area contributed by atoms with Crippen LogP contribution in [-0.2, 0) is 18.0 Å². The van der Waals surface area contributed by atoms with Crippen molar-refractivity contribution in [3.63, 3.8) is 0 Å². The molecule has 1 aliphatic heterocycles. The molecule has 1 aromatic heterocycles. The van der Waals surface area contributed by atoms with Crippen LogP contribution in [0.2, 0.25) is 0 Å². The number of aromatic nitrogens is 2. The predicted molar refractivity (Wildman–Crippen MR) is 100 cm³/mol. The minimum absolute atomic E-state index is 0.143. The van der Waals surface area contributed by atoms with E-state index in [4.69, 9.17) is 4.74 Å². The second-order valence-electron chi connectivity index (χ2n) is 8.17. The molecule has 9 heteroatoms. The molecular formula is C19H25F3N4O2. The number of carbonyl (C=O) groups is 1. The smallest absolute Gasteiger partial charge is 0.444 e. The first-order valence-electron chi connectivity index (χ1n) is 9.14. The average molecular weight is 398 g/mol. The summed E-state index contributed by atoms with van der Waals surface area (Å²) in [4.78, 5) is 17.9.